The average molecular weight is 432 g/mol. The number of pyridine rings is 1. The second-order valence-electron chi connectivity index (χ2n) is 6.15. The molecular weight excluding hydrogens is 416 g/mol. The highest BCUT2D eigenvalue weighted by Crippen LogP contribution is 2.31. The van der Waals surface area contributed by atoms with Crippen molar-refractivity contribution >= 4 is 52.2 Å². The van der Waals surface area contributed by atoms with Crippen LogP contribution >= 0.6 is 23.2 Å². The molecule has 3 rings (SSSR count). The molecule has 3 aromatic rings. The molecule has 0 fully saturated rings. The Hall–Kier alpha value is -2.96. The number of nitrogens with zero attached hydrogens (tertiary/aromatic N) is 2. The number of benzene rings is 2. The van der Waals surface area contributed by atoms with Gasteiger partial charge in [0.25, 0.3) is 0 Å². The summed E-state index contributed by atoms with van der Waals surface area (Å²) in [4.78, 5) is 30.2. The van der Waals surface area contributed by atoms with Gasteiger partial charge in [0.2, 0.25) is 11.8 Å². The molecule has 0 atom stereocenters. The molecule has 0 bridgehead atoms. The zero-order valence-electron chi connectivity index (χ0n) is 15.3. The summed E-state index contributed by atoms with van der Waals surface area (Å²) >= 11 is 12.1. The number of para-hydroxylation sites is 1. The van der Waals surface area contributed by atoms with Gasteiger partial charge in [-0.05, 0) is 29.8 Å². The third-order valence-corrected chi connectivity index (χ3v) is 4.79. The molecule has 2 aromatic carbocycles. The number of aromatic nitrogens is 1. The first kappa shape index (κ1) is 20.8. The van der Waals surface area contributed by atoms with Crippen molar-refractivity contribution in [2.24, 2.45) is 0 Å². The maximum Gasteiger partial charge on any atom is 0.229 e. The molecule has 0 aliphatic carbocycles. The van der Waals surface area contributed by atoms with E-state index in [-0.39, 0.29) is 23.3 Å². The van der Waals surface area contributed by atoms with Crippen LogP contribution in [-0.2, 0) is 16.0 Å². The molecule has 0 saturated carbocycles. The summed E-state index contributed by atoms with van der Waals surface area (Å²) in [5.41, 5.74) is 1.27. The fourth-order valence-corrected chi connectivity index (χ4v) is 3.18. The van der Waals surface area contributed by atoms with Crippen LogP contribution in [0.15, 0.2) is 60.8 Å². The lowest BCUT2D eigenvalue weighted by Gasteiger charge is -2.21. The highest BCUT2D eigenvalue weighted by Gasteiger charge is 2.19. The van der Waals surface area contributed by atoms with E-state index in [0.29, 0.717) is 27.8 Å². The van der Waals surface area contributed by atoms with Crippen molar-refractivity contribution in [1.82, 2.24) is 4.98 Å². The van der Waals surface area contributed by atoms with Crippen molar-refractivity contribution in [1.29, 1.82) is 0 Å². The zero-order chi connectivity index (χ0) is 21.0. The van der Waals surface area contributed by atoms with Crippen LogP contribution in [0.3, 0.4) is 0 Å². The standard InChI is InChI=1S/C21H16Cl2FN3O2/c1-13(28)27(18-8-3-2-6-16(18)22)19-12-15(9-10-25-19)26-20(29)11-14-5-4-7-17(24)21(14)23/h2-10,12H,11H2,1H3,(H,25,26,29). The number of carbonyl (C=O) groups excluding carboxylic acids is 2. The Kier molecular flexibility index (Phi) is 6.46. The number of nitrogens with one attached hydrogen (secondary N) is 1. The number of hydrogen-bond acceptors (Lipinski definition) is 3. The van der Waals surface area contributed by atoms with Gasteiger partial charge < -0.3 is 5.32 Å². The molecule has 1 N–H and O–H groups in total. The normalized spacial score (nSPS) is 10.5. The van der Waals surface area contributed by atoms with E-state index >= 15 is 0 Å². The van der Waals surface area contributed by atoms with Crippen LogP contribution in [0.4, 0.5) is 21.6 Å². The molecule has 29 heavy (non-hydrogen) atoms. The van der Waals surface area contributed by atoms with Gasteiger partial charge >= 0.3 is 0 Å². The van der Waals surface area contributed by atoms with Gasteiger partial charge in [0, 0.05) is 24.9 Å². The Morgan fingerprint density at radius 3 is 2.59 bits per heavy atom. The number of anilines is 3. The number of hydrogen-bond donors (Lipinski definition) is 1. The van der Waals surface area contributed by atoms with E-state index in [1.165, 1.54) is 30.2 Å². The highest BCUT2D eigenvalue weighted by atomic mass is 35.5. The van der Waals surface area contributed by atoms with Gasteiger partial charge in [0.15, 0.2) is 0 Å². The van der Waals surface area contributed by atoms with Gasteiger partial charge in [-0.15, -0.1) is 0 Å². The topological polar surface area (TPSA) is 62.3 Å². The van der Waals surface area contributed by atoms with E-state index in [1.54, 1.807) is 42.5 Å². The Bertz CT molecular complexity index is 1080. The number of rotatable bonds is 5. The fraction of sp³-hybridized carbons (Fsp3) is 0.0952. The predicted molar refractivity (Wildman–Crippen MR) is 112 cm³/mol. The minimum atomic E-state index is -0.583. The summed E-state index contributed by atoms with van der Waals surface area (Å²) in [5, 5.41) is 3.01. The number of amides is 2. The second-order valence-corrected chi connectivity index (χ2v) is 6.93. The lowest BCUT2D eigenvalue weighted by atomic mass is 10.1. The smallest absolute Gasteiger partial charge is 0.229 e. The van der Waals surface area contributed by atoms with Crippen LogP contribution in [0.2, 0.25) is 10.0 Å². The summed E-state index contributed by atoms with van der Waals surface area (Å²) in [6.45, 7) is 1.39. The summed E-state index contributed by atoms with van der Waals surface area (Å²) in [6.07, 6.45) is 1.36. The first-order chi connectivity index (χ1) is 13.9. The van der Waals surface area contributed by atoms with Crippen molar-refractivity contribution in [3.8, 4) is 0 Å². The molecule has 8 heteroatoms. The molecule has 0 unspecified atom stereocenters. The summed E-state index contributed by atoms with van der Waals surface area (Å²) < 4.78 is 13.5. The maximum atomic E-state index is 13.5. The van der Waals surface area contributed by atoms with E-state index in [9.17, 15) is 14.0 Å². The van der Waals surface area contributed by atoms with Crippen molar-refractivity contribution in [2.75, 3.05) is 10.2 Å². The molecule has 0 aliphatic heterocycles. The second kappa shape index (κ2) is 9.03. The molecule has 0 saturated heterocycles. The van der Waals surface area contributed by atoms with Crippen LogP contribution in [0.5, 0.6) is 0 Å². The molecular formula is C21H16Cl2FN3O2. The van der Waals surface area contributed by atoms with E-state index in [1.807, 2.05) is 0 Å². The van der Waals surface area contributed by atoms with Gasteiger partial charge in [0.05, 0.1) is 22.2 Å². The van der Waals surface area contributed by atoms with Crippen LogP contribution in [-0.4, -0.2) is 16.8 Å². The van der Waals surface area contributed by atoms with Crippen LogP contribution < -0.4 is 10.2 Å². The molecule has 0 radical (unpaired) electrons. The van der Waals surface area contributed by atoms with Crippen LogP contribution in [0, 0.1) is 5.82 Å². The number of halogens is 3. The van der Waals surface area contributed by atoms with Crippen molar-refractivity contribution in [3.05, 3.63) is 82.2 Å². The monoisotopic (exact) mass is 431 g/mol. The lowest BCUT2D eigenvalue weighted by molar-refractivity contribution is -0.116. The minimum absolute atomic E-state index is 0.0838. The summed E-state index contributed by atoms with van der Waals surface area (Å²) in [6, 6.07) is 14.3. The fourth-order valence-electron chi connectivity index (χ4n) is 2.77. The summed E-state index contributed by atoms with van der Waals surface area (Å²) in [5.74, 6) is -0.963. The molecule has 5 nitrogen and oxygen atoms in total. The Morgan fingerprint density at radius 1 is 1.10 bits per heavy atom. The van der Waals surface area contributed by atoms with Gasteiger partial charge in [0.1, 0.15) is 11.6 Å². The van der Waals surface area contributed by atoms with Crippen molar-refractivity contribution < 1.29 is 14.0 Å². The van der Waals surface area contributed by atoms with Crippen LogP contribution in [0.1, 0.15) is 12.5 Å². The molecule has 0 spiro atoms. The molecule has 2 amide bonds. The van der Waals surface area contributed by atoms with E-state index in [0.717, 1.165) is 0 Å². The Balaban J connectivity index is 1.83. The highest BCUT2D eigenvalue weighted by molar-refractivity contribution is 6.34. The SMILES string of the molecule is CC(=O)N(c1cc(NC(=O)Cc2cccc(F)c2Cl)ccn1)c1ccccc1Cl. The quantitative estimate of drug-likeness (QED) is 0.588. The lowest BCUT2D eigenvalue weighted by Crippen LogP contribution is -2.24. The van der Waals surface area contributed by atoms with Gasteiger partial charge in [-0.25, -0.2) is 9.37 Å². The minimum Gasteiger partial charge on any atom is -0.326 e. The molecule has 0 aliphatic rings. The molecule has 148 valence electrons. The van der Waals surface area contributed by atoms with Gasteiger partial charge in [-0.2, -0.15) is 0 Å². The van der Waals surface area contributed by atoms with Crippen molar-refractivity contribution in [3.63, 3.8) is 0 Å². The van der Waals surface area contributed by atoms with E-state index in [2.05, 4.69) is 10.3 Å². The Labute approximate surface area is 177 Å². The van der Waals surface area contributed by atoms with E-state index < -0.39 is 5.82 Å². The average Bonchev–Trinajstić information content (AvgIpc) is 2.67. The molecule has 1 heterocycles. The third-order valence-electron chi connectivity index (χ3n) is 4.05. The summed E-state index contributed by atoms with van der Waals surface area (Å²) in [7, 11) is 0. The first-order valence-electron chi connectivity index (χ1n) is 8.61. The zero-order valence-corrected chi connectivity index (χ0v) is 16.8. The predicted octanol–water partition coefficient (Wildman–Crippen LogP) is 5.39. The van der Waals surface area contributed by atoms with Gasteiger partial charge in [-0.3, -0.25) is 14.5 Å². The van der Waals surface area contributed by atoms with Crippen molar-refractivity contribution in [2.45, 2.75) is 13.3 Å². The maximum absolute atomic E-state index is 13.5. The van der Waals surface area contributed by atoms with E-state index in [4.69, 9.17) is 23.2 Å². The Morgan fingerprint density at radius 2 is 1.86 bits per heavy atom. The molecule has 1 aromatic heterocycles. The largest absolute Gasteiger partial charge is 0.326 e. The van der Waals surface area contributed by atoms with Gasteiger partial charge in [-0.1, -0.05) is 47.5 Å². The third kappa shape index (κ3) is 4.91. The first-order valence-corrected chi connectivity index (χ1v) is 9.36. The van der Waals surface area contributed by atoms with Crippen LogP contribution in [0.25, 0.3) is 0 Å². The number of carbonyl (C=O) groups is 2.